The van der Waals surface area contributed by atoms with Crippen molar-refractivity contribution in [3.8, 4) is 11.5 Å². The summed E-state index contributed by atoms with van der Waals surface area (Å²) in [5, 5.41) is 19.5. The van der Waals surface area contributed by atoms with Gasteiger partial charge < -0.3 is 10.2 Å². The van der Waals surface area contributed by atoms with Gasteiger partial charge in [0.1, 0.15) is 11.5 Å². The van der Waals surface area contributed by atoms with Gasteiger partial charge in [-0.15, -0.1) is 0 Å². The lowest BCUT2D eigenvalue weighted by atomic mass is 9.60. The molecule has 2 N–H and O–H groups in total. The summed E-state index contributed by atoms with van der Waals surface area (Å²) in [4.78, 5) is 0. The van der Waals surface area contributed by atoms with Crippen LogP contribution in [0.1, 0.15) is 68.9 Å². The second-order valence-corrected chi connectivity index (χ2v) is 8.41. The minimum atomic E-state index is 0.00651. The molecule has 2 aliphatic rings. The van der Waals surface area contributed by atoms with Gasteiger partial charge in [0.25, 0.3) is 0 Å². The number of phenolic OH excluding ortho intramolecular Hbond substituents is 2. The third-order valence-corrected chi connectivity index (χ3v) is 7.04. The molecule has 2 heteroatoms. The number of aromatic hydroxyl groups is 2. The van der Waals surface area contributed by atoms with Crippen molar-refractivity contribution in [3.63, 3.8) is 0 Å². The first kappa shape index (κ1) is 17.5. The van der Waals surface area contributed by atoms with Gasteiger partial charge in [0.2, 0.25) is 0 Å². The zero-order chi connectivity index (χ0) is 18.0. The number of benzene rings is 2. The fourth-order valence-electron chi connectivity index (χ4n) is 5.51. The molecule has 2 saturated carbocycles. The summed E-state index contributed by atoms with van der Waals surface area (Å²) in [6.07, 6.45) is 12.0. The van der Waals surface area contributed by atoms with Gasteiger partial charge in [0.15, 0.2) is 0 Å². The molecule has 0 unspecified atom stereocenters. The van der Waals surface area contributed by atoms with Gasteiger partial charge in [-0.1, -0.05) is 56.4 Å². The second kappa shape index (κ2) is 7.34. The van der Waals surface area contributed by atoms with Crippen LogP contribution in [0.4, 0.5) is 0 Å². The Balaban J connectivity index is 1.62. The molecule has 0 spiro atoms. The highest BCUT2D eigenvalue weighted by Gasteiger charge is 2.40. The molecule has 0 atom stereocenters. The fourth-order valence-corrected chi connectivity index (χ4v) is 5.51. The van der Waals surface area contributed by atoms with Gasteiger partial charge in [-0.2, -0.15) is 0 Å². The first-order valence-electron chi connectivity index (χ1n) is 10.3. The van der Waals surface area contributed by atoms with Crippen LogP contribution in [0.2, 0.25) is 0 Å². The molecule has 0 heterocycles. The maximum atomic E-state index is 9.73. The molecule has 2 aromatic rings. The van der Waals surface area contributed by atoms with E-state index in [1.165, 1.54) is 56.1 Å². The summed E-state index contributed by atoms with van der Waals surface area (Å²) in [6, 6.07) is 15.6. The van der Waals surface area contributed by atoms with Crippen LogP contribution < -0.4 is 0 Å². The Hall–Kier alpha value is -1.96. The van der Waals surface area contributed by atoms with Gasteiger partial charge >= 0.3 is 0 Å². The van der Waals surface area contributed by atoms with Crippen molar-refractivity contribution in [2.75, 3.05) is 0 Å². The van der Waals surface area contributed by atoms with Crippen molar-refractivity contribution in [2.24, 2.45) is 11.8 Å². The summed E-state index contributed by atoms with van der Waals surface area (Å²) in [6.45, 7) is 0. The Kier molecular flexibility index (Phi) is 4.93. The normalized spacial score (nSPS) is 21.5. The Morgan fingerprint density at radius 1 is 0.577 bits per heavy atom. The maximum absolute atomic E-state index is 9.73. The van der Waals surface area contributed by atoms with Gasteiger partial charge in [-0.25, -0.2) is 0 Å². The van der Waals surface area contributed by atoms with Crippen LogP contribution in [0.3, 0.4) is 0 Å². The average Bonchev–Trinajstić information content (AvgIpc) is 2.70. The minimum absolute atomic E-state index is 0.00651. The number of rotatable bonds is 3. The zero-order valence-corrected chi connectivity index (χ0v) is 15.5. The summed E-state index contributed by atoms with van der Waals surface area (Å²) in [7, 11) is 0. The van der Waals surface area contributed by atoms with E-state index in [9.17, 15) is 10.2 Å². The molecule has 26 heavy (non-hydrogen) atoms. The van der Waals surface area contributed by atoms with Crippen LogP contribution in [0, 0.1) is 11.8 Å². The SMILES string of the molecule is Oc1ccc(C2(c3ccc(O)cc3)CCC(C3CCCCC3)CC2)cc1. The topological polar surface area (TPSA) is 40.5 Å². The van der Waals surface area contributed by atoms with E-state index in [2.05, 4.69) is 24.3 Å². The molecule has 0 bridgehead atoms. The molecule has 2 aromatic carbocycles. The van der Waals surface area contributed by atoms with E-state index >= 15 is 0 Å². The monoisotopic (exact) mass is 350 g/mol. The van der Waals surface area contributed by atoms with Crippen molar-refractivity contribution in [1.82, 2.24) is 0 Å². The molecular weight excluding hydrogens is 320 g/mol. The van der Waals surface area contributed by atoms with Crippen molar-refractivity contribution < 1.29 is 10.2 Å². The van der Waals surface area contributed by atoms with Gasteiger partial charge in [-0.05, 0) is 72.9 Å². The number of phenols is 2. The maximum Gasteiger partial charge on any atom is 0.115 e. The molecule has 0 aromatic heterocycles. The molecule has 0 saturated heterocycles. The summed E-state index contributed by atoms with van der Waals surface area (Å²) in [5.41, 5.74) is 2.60. The predicted molar refractivity (Wildman–Crippen MR) is 106 cm³/mol. The van der Waals surface area contributed by atoms with E-state index in [0.29, 0.717) is 11.5 Å². The highest BCUT2D eigenvalue weighted by molar-refractivity contribution is 5.43. The third-order valence-electron chi connectivity index (χ3n) is 7.04. The van der Waals surface area contributed by atoms with Gasteiger partial charge in [-0.3, -0.25) is 0 Å². The van der Waals surface area contributed by atoms with E-state index in [1.54, 1.807) is 0 Å². The first-order chi connectivity index (χ1) is 12.7. The Morgan fingerprint density at radius 2 is 1.00 bits per heavy atom. The Labute approximate surface area is 156 Å². The lowest BCUT2D eigenvalue weighted by Crippen LogP contribution is -2.35. The van der Waals surface area contributed by atoms with Crippen LogP contribution in [-0.2, 0) is 5.41 Å². The van der Waals surface area contributed by atoms with Crippen molar-refractivity contribution >= 4 is 0 Å². The summed E-state index contributed by atoms with van der Waals surface area (Å²) < 4.78 is 0. The van der Waals surface area contributed by atoms with Crippen LogP contribution in [0.25, 0.3) is 0 Å². The number of hydrogen-bond acceptors (Lipinski definition) is 2. The molecule has 0 amide bonds. The van der Waals surface area contributed by atoms with Crippen LogP contribution in [0.5, 0.6) is 11.5 Å². The van der Waals surface area contributed by atoms with Crippen molar-refractivity contribution in [2.45, 2.75) is 63.2 Å². The van der Waals surface area contributed by atoms with E-state index < -0.39 is 0 Å². The largest absolute Gasteiger partial charge is 0.508 e. The summed E-state index contributed by atoms with van der Waals surface area (Å²) in [5.74, 6) is 2.45. The molecule has 0 radical (unpaired) electrons. The standard InChI is InChI=1S/C24H30O2/c25-22-10-6-20(7-11-22)24(21-8-12-23(26)13-9-21)16-14-19(15-17-24)18-4-2-1-3-5-18/h6-13,18-19,25-26H,1-5,14-17H2. The number of hydrogen-bond donors (Lipinski definition) is 2. The van der Waals surface area contributed by atoms with Crippen LogP contribution >= 0.6 is 0 Å². The molecule has 4 rings (SSSR count). The molecule has 138 valence electrons. The van der Waals surface area contributed by atoms with Crippen LogP contribution in [-0.4, -0.2) is 10.2 Å². The Bertz CT molecular complexity index is 655. The van der Waals surface area contributed by atoms with Crippen molar-refractivity contribution in [1.29, 1.82) is 0 Å². The average molecular weight is 351 g/mol. The lowest BCUT2D eigenvalue weighted by molar-refractivity contribution is 0.163. The van der Waals surface area contributed by atoms with E-state index in [0.717, 1.165) is 24.7 Å². The molecule has 2 aliphatic carbocycles. The molecular formula is C24H30O2. The predicted octanol–water partition coefficient (Wildman–Crippen LogP) is 6.15. The lowest BCUT2D eigenvalue weighted by Gasteiger charge is -2.44. The van der Waals surface area contributed by atoms with E-state index in [-0.39, 0.29) is 5.41 Å². The first-order valence-corrected chi connectivity index (χ1v) is 10.3. The fraction of sp³-hybridized carbons (Fsp3) is 0.500. The van der Waals surface area contributed by atoms with Crippen molar-refractivity contribution in [3.05, 3.63) is 59.7 Å². The van der Waals surface area contributed by atoms with E-state index in [1.807, 2.05) is 24.3 Å². The molecule has 0 aliphatic heterocycles. The third kappa shape index (κ3) is 3.34. The minimum Gasteiger partial charge on any atom is -0.508 e. The quantitative estimate of drug-likeness (QED) is 0.696. The second-order valence-electron chi connectivity index (χ2n) is 8.41. The highest BCUT2D eigenvalue weighted by Crippen LogP contribution is 2.50. The smallest absolute Gasteiger partial charge is 0.115 e. The molecule has 2 nitrogen and oxygen atoms in total. The Morgan fingerprint density at radius 3 is 1.46 bits per heavy atom. The summed E-state index contributed by atoms with van der Waals surface area (Å²) >= 11 is 0. The van der Waals surface area contributed by atoms with Crippen LogP contribution in [0.15, 0.2) is 48.5 Å². The highest BCUT2D eigenvalue weighted by atomic mass is 16.3. The van der Waals surface area contributed by atoms with Gasteiger partial charge in [0, 0.05) is 5.41 Å². The van der Waals surface area contributed by atoms with E-state index in [4.69, 9.17) is 0 Å². The zero-order valence-electron chi connectivity index (χ0n) is 15.5. The van der Waals surface area contributed by atoms with Gasteiger partial charge in [0.05, 0.1) is 0 Å². The molecule has 2 fully saturated rings.